The van der Waals surface area contributed by atoms with Crippen LogP contribution in [0.4, 0.5) is 0 Å². The van der Waals surface area contributed by atoms with Crippen LogP contribution in [0.5, 0.6) is 5.75 Å². The van der Waals surface area contributed by atoms with Crippen molar-refractivity contribution in [1.29, 1.82) is 0 Å². The fourth-order valence-electron chi connectivity index (χ4n) is 1.36. The Balaban J connectivity index is 3.45. The lowest BCUT2D eigenvalue weighted by Crippen LogP contribution is -2.30. The van der Waals surface area contributed by atoms with Crippen molar-refractivity contribution in [2.75, 3.05) is 7.11 Å². The molecule has 0 aliphatic carbocycles. The summed E-state index contributed by atoms with van der Waals surface area (Å²) >= 11 is 5.97. The second kappa shape index (κ2) is 4.51. The van der Waals surface area contributed by atoms with Crippen LogP contribution in [0.3, 0.4) is 0 Å². The van der Waals surface area contributed by atoms with Gasteiger partial charge in [0.1, 0.15) is 5.75 Å². The van der Waals surface area contributed by atoms with Gasteiger partial charge in [-0.15, -0.1) is 0 Å². The van der Waals surface area contributed by atoms with Crippen molar-refractivity contribution in [2.24, 2.45) is 5.84 Å². The molecule has 0 spiro atoms. The smallest absolute Gasteiger partial charge is 0.269 e. The van der Waals surface area contributed by atoms with E-state index in [1.54, 1.807) is 6.07 Å². The standard InChI is InChI=1S/C10H13ClN2O2/c1-5-6(2)9(15-3)7(4-8(5)11)10(14)13-12/h4H,12H2,1-3H3,(H,13,14). The Bertz CT molecular complexity index is 405. The number of hydrazine groups is 1. The number of ether oxygens (including phenoxy) is 1. The minimum atomic E-state index is -0.420. The predicted octanol–water partition coefficient (Wildman–Crippen LogP) is 1.57. The first kappa shape index (κ1) is 11.8. The van der Waals surface area contributed by atoms with Crippen LogP contribution in [0.1, 0.15) is 21.5 Å². The zero-order chi connectivity index (χ0) is 11.6. The molecule has 0 aliphatic rings. The van der Waals surface area contributed by atoms with E-state index in [1.165, 1.54) is 7.11 Å². The van der Waals surface area contributed by atoms with Crippen molar-refractivity contribution in [3.05, 3.63) is 27.8 Å². The maximum atomic E-state index is 11.4. The molecule has 1 amide bonds. The van der Waals surface area contributed by atoms with Crippen LogP contribution in [0.25, 0.3) is 0 Å². The Kier molecular flexibility index (Phi) is 3.55. The molecular weight excluding hydrogens is 216 g/mol. The summed E-state index contributed by atoms with van der Waals surface area (Å²) in [5, 5.41) is 0.520. The molecule has 0 bridgehead atoms. The maximum absolute atomic E-state index is 11.4. The molecule has 0 saturated heterocycles. The van der Waals surface area contributed by atoms with Gasteiger partial charge >= 0.3 is 0 Å². The summed E-state index contributed by atoms with van der Waals surface area (Å²) in [6.07, 6.45) is 0. The summed E-state index contributed by atoms with van der Waals surface area (Å²) in [6, 6.07) is 1.55. The number of methoxy groups -OCH3 is 1. The van der Waals surface area contributed by atoms with Crippen LogP contribution in [0.15, 0.2) is 6.07 Å². The van der Waals surface area contributed by atoms with E-state index in [0.29, 0.717) is 16.3 Å². The van der Waals surface area contributed by atoms with E-state index in [2.05, 4.69) is 5.43 Å². The maximum Gasteiger partial charge on any atom is 0.269 e. The molecule has 1 aromatic carbocycles. The van der Waals surface area contributed by atoms with Gasteiger partial charge in [-0.05, 0) is 31.0 Å². The van der Waals surface area contributed by atoms with Gasteiger partial charge in [0.2, 0.25) is 0 Å². The first-order valence-corrected chi connectivity index (χ1v) is 4.75. The highest BCUT2D eigenvalue weighted by molar-refractivity contribution is 6.32. The first-order chi connectivity index (χ1) is 7.02. The van der Waals surface area contributed by atoms with Crippen molar-refractivity contribution >= 4 is 17.5 Å². The minimum Gasteiger partial charge on any atom is -0.496 e. The molecule has 0 saturated carbocycles. The second-order valence-electron chi connectivity index (χ2n) is 3.16. The molecule has 0 aliphatic heterocycles. The van der Waals surface area contributed by atoms with Crippen molar-refractivity contribution < 1.29 is 9.53 Å². The summed E-state index contributed by atoms with van der Waals surface area (Å²) in [4.78, 5) is 11.4. The van der Waals surface area contributed by atoms with Gasteiger partial charge in [0.05, 0.1) is 12.7 Å². The molecule has 0 unspecified atom stereocenters. The lowest BCUT2D eigenvalue weighted by molar-refractivity contribution is 0.0950. The largest absolute Gasteiger partial charge is 0.496 e. The SMILES string of the molecule is COc1c(C(=O)NN)cc(Cl)c(C)c1C. The second-order valence-corrected chi connectivity index (χ2v) is 3.57. The molecule has 0 atom stereocenters. The van der Waals surface area contributed by atoms with Gasteiger partial charge < -0.3 is 4.74 Å². The zero-order valence-corrected chi connectivity index (χ0v) is 9.61. The topological polar surface area (TPSA) is 64.3 Å². The first-order valence-electron chi connectivity index (χ1n) is 4.37. The number of nitrogens with one attached hydrogen (secondary N) is 1. The Morgan fingerprint density at radius 3 is 2.53 bits per heavy atom. The van der Waals surface area contributed by atoms with E-state index in [0.717, 1.165) is 11.1 Å². The van der Waals surface area contributed by atoms with E-state index in [-0.39, 0.29) is 0 Å². The summed E-state index contributed by atoms with van der Waals surface area (Å²) in [7, 11) is 1.50. The molecular formula is C10H13ClN2O2. The van der Waals surface area contributed by atoms with Crippen molar-refractivity contribution in [2.45, 2.75) is 13.8 Å². The molecule has 5 heteroatoms. The Morgan fingerprint density at radius 1 is 1.47 bits per heavy atom. The van der Waals surface area contributed by atoms with Gasteiger partial charge in [0.15, 0.2) is 0 Å². The molecule has 0 radical (unpaired) electrons. The average molecular weight is 229 g/mol. The fourth-order valence-corrected chi connectivity index (χ4v) is 1.61. The summed E-state index contributed by atoms with van der Waals surface area (Å²) in [5.74, 6) is 5.15. The fraction of sp³-hybridized carbons (Fsp3) is 0.300. The zero-order valence-electron chi connectivity index (χ0n) is 8.85. The third-order valence-corrected chi connectivity index (χ3v) is 2.75. The van der Waals surface area contributed by atoms with E-state index >= 15 is 0 Å². The average Bonchev–Trinajstić information content (AvgIpc) is 2.24. The Hall–Kier alpha value is -1.26. The minimum absolute atomic E-state index is 0.341. The molecule has 15 heavy (non-hydrogen) atoms. The summed E-state index contributed by atoms with van der Waals surface area (Å²) in [5.41, 5.74) is 4.12. The number of nitrogens with two attached hydrogens (primary N) is 1. The van der Waals surface area contributed by atoms with Crippen LogP contribution < -0.4 is 16.0 Å². The molecule has 1 rings (SSSR count). The highest BCUT2D eigenvalue weighted by Gasteiger charge is 2.17. The van der Waals surface area contributed by atoms with Gasteiger partial charge in [-0.25, -0.2) is 5.84 Å². The van der Waals surface area contributed by atoms with Crippen LogP contribution in [-0.4, -0.2) is 13.0 Å². The van der Waals surface area contributed by atoms with Gasteiger partial charge in [-0.3, -0.25) is 10.2 Å². The third kappa shape index (κ3) is 2.06. The molecule has 0 aromatic heterocycles. The number of benzene rings is 1. The van der Waals surface area contributed by atoms with Crippen LogP contribution in [0.2, 0.25) is 5.02 Å². The number of hydrogen-bond donors (Lipinski definition) is 2. The van der Waals surface area contributed by atoms with E-state index in [9.17, 15) is 4.79 Å². The van der Waals surface area contributed by atoms with E-state index in [4.69, 9.17) is 22.2 Å². The number of hydrogen-bond acceptors (Lipinski definition) is 3. The number of amides is 1. The van der Waals surface area contributed by atoms with E-state index in [1.807, 2.05) is 13.8 Å². The highest BCUT2D eigenvalue weighted by Crippen LogP contribution is 2.31. The van der Waals surface area contributed by atoms with Crippen LogP contribution in [0, 0.1) is 13.8 Å². The van der Waals surface area contributed by atoms with Crippen LogP contribution in [-0.2, 0) is 0 Å². The van der Waals surface area contributed by atoms with Crippen molar-refractivity contribution in [1.82, 2.24) is 5.43 Å². The lowest BCUT2D eigenvalue weighted by atomic mass is 10.0. The van der Waals surface area contributed by atoms with E-state index < -0.39 is 5.91 Å². The highest BCUT2D eigenvalue weighted by atomic mass is 35.5. The van der Waals surface area contributed by atoms with Crippen molar-refractivity contribution in [3.8, 4) is 5.75 Å². The number of halogens is 1. The molecule has 1 aromatic rings. The monoisotopic (exact) mass is 228 g/mol. The third-order valence-electron chi connectivity index (χ3n) is 2.36. The number of carbonyl (C=O) groups is 1. The normalized spacial score (nSPS) is 9.93. The number of carbonyl (C=O) groups excluding carboxylic acids is 1. The van der Waals surface area contributed by atoms with Gasteiger partial charge in [-0.1, -0.05) is 11.6 Å². The van der Waals surface area contributed by atoms with Gasteiger partial charge in [0, 0.05) is 5.02 Å². The Labute approximate surface area is 93.3 Å². The summed E-state index contributed by atoms with van der Waals surface area (Å²) in [6.45, 7) is 3.71. The molecule has 3 N–H and O–H groups in total. The lowest BCUT2D eigenvalue weighted by Gasteiger charge is -2.13. The molecule has 82 valence electrons. The predicted molar refractivity (Wildman–Crippen MR) is 59.1 cm³/mol. The quantitative estimate of drug-likeness (QED) is 0.459. The molecule has 4 nitrogen and oxygen atoms in total. The van der Waals surface area contributed by atoms with Gasteiger partial charge in [0.25, 0.3) is 5.91 Å². The molecule has 0 fully saturated rings. The van der Waals surface area contributed by atoms with Gasteiger partial charge in [-0.2, -0.15) is 0 Å². The van der Waals surface area contributed by atoms with Crippen molar-refractivity contribution in [3.63, 3.8) is 0 Å². The summed E-state index contributed by atoms with van der Waals surface area (Å²) < 4.78 is 5.16. The van der Waals surface area contributed by atoms with Crippen LogP contribution >= 0.6 is 11.6 Å². The number of rotatable bonds is 2. The number of nitrogen functional groups attached to an aromatic ring is 1. The Morgan fingerprint density at radius 2 is 2.07 bits per heavy atom. The molecule has 0 heterocycles.